The molecule has 7 heteroatoms. The molecule has 2 rings (SSSR count). The summed E-state index contributed by atoms with van der Waals surface area (Å²) in [4.78, 5) is 11.6. The van der Waals surface area contributed by atoms with E-state index in [1.54, 1.807) is 11.6 Å². The normalized spacial score (nSPS) is 23.9. The first-order valence-electron chi connectivity index (χ1n) is 6.24. The SMILES string of the molecule is CCOC(=O)c1n[nH]n([C@@H]2CCCC[C@@H]2N)c1=S. The van der Waals surface area contributed by atoms with Gasteiger partial charge in [0.1, 0.15) is 0 Å². The number of nitrogens with two attached hydrogens (primary N) is 1. The van der Waals surface area contributed by atoms with Crippen LogP contribution in [0, 0.1) is 4.64 Å². The number of ether oxygens (including phenoxy) is 1. The minimum Gasteiger partial charge on any atom is -0.461 e. The lowest BCUT2D eigenvalue weighted by Crippen LogP contribution is -2.35. The van der Waals surface area contributed by atoms with Crippen molar-refractivity contribution in [2.45, 2.75) is 44.7 Å². The number of aromatic amines is 1. The Kier molecular flexibility index (Phi) is 4.13. The van der Waals surface area contributed by atoms with E-state index in [1.807, 2.05) is 0 Å². The average Bonchev–Trinajstić information content (AvgIpc) is 2.72. The van der Waals surface area contributed by atoms with Crippen molar-refractivity contribution in [3.8, 4) is 0 Å². The summed E-state index contributed by atoms with van der Waals surface area (Å²) in [6.07, 6.45) is 4.19. The predicted octanol–water partition coefficient (Wildman–Crippen LogP) is 1.56. The average molecular weight is 270 g/mol. The summed E-state index contributed by atoms with van der Waals surface area (Å²) in [7, 11) is 0. The number of esters is 1. The van der Waals surface area contributed by atoms with Gasteiger partial charge in [0.05, 0.1) is 12.6 Å². The maximum Gasteiger partial charge on any atom is 0.362 e. The Morgan fingerprint density at radius 1 is 1.61 bits per heavy atom. The van der Waals surface area contributed by atoms with Gasteiger partial charge in [-0.1, -0.05) is 25.1 Å². The number of nitrogens with one attached hydrogen (secondary N) is 1. The summed E-state index contributed by atoms with van der Waals surface area (Å²) >= 11 is 5.26. The maximum atomic E-state index is 11.6. The second-order valence-electron chi connectivity index (χ2n) is 4.47. The third-order valence-corrected chi connectivity index (χ3v) is 3.66. The monoisotopic (exact) mass is 270 g/mol. The van der Waals surface area contributed by atoms with Crippen molar-refractivity contribution in [1.29, 1.82) is 0 Å². The second kappa shape index (κ2) is 5.62. The van der Waals surface area contributed by atoms with Crippen LogP contribution in [0.4, 0.5) is 0 Å². The van der Waals surface area contributed by atoms with E-state index in [1.165, 1.54) is 0 Å². The smallest absolute Gasteiger partial charge is 0.362 e. The highest BCUT2D eigenvalue weighted by atomic mass is 32.1. The molecule has 6 nitrogen and oxygen atoms in total. The molecular weight excluding hydrogens is 252 g/mol. The van der Waals surface area contributed by atoms with Crippen molar-refractivity contribution < 1.29 is 9.53 Å². The maximum absolute atomic E-state index is 11.6. The molecule has 3 N–H and O–H groups in total. The van der Waals surface area contributed by atoms with E-state index in [9.17, 15) is 4.79 Å². The summed E-state index contributed by atoms with van der Waals surface area (Å²) in [6, 6.07) is 0.155. The summed E-state index contributed by atoms with van der Waals surface area (Å²) in [5.41, 5.74) is 6.26. The van der Waals surface area contributed by atoms with E-state index in [0.717, 1.165) is 25.7 Å². The van der Waals surface area contributed by atoms with Gasteiger partial charge in [0.2, 0.25) is 5.69 Å². The Balaban J connectivity index is 2.25. The summed E-state index contributed by atoms with van der Waals surface area (Å²) < 4.78 is 7.02. The zero-order valence-corrected chi connectivity index (χ0v) is 11.2. The van der Waals surface area contributed by atoms with Gasteiger partial charge in [0.25, 0.3) is 0 Å². The molecule has 1 aromatic heterocycles. The summed E-state index contributed by atoms with van der Waals surface area (Å²) in [5, 5.41) is 6.74. The van der Waals surface area contributed by atoms with Crippen molar-refractivity contribution in [3.63, 3.8) is 0 Å². The molecular formula is C11H18N4O2S. The molecule has 0 unspecified atom stereocenters. The van der Waals surface area contributed by atoms with E-state index in [2.05, 4.69) is 10.3 Å². The third-order valence-electron chi connectivity index (χ3n) is 3.27. The molecule has 1 aromatic rings. The van der Waals surface area contributed by atoms with E-state index in [0.29, 0.717) is 11.2 Å². The standard InChI is InChI=1S/C11H18N4O2S/c1-2-17-11(16)9-10(18)15(14-13-9)8-6-4-3-5-7(8)12/h7-8,14H,2-6,12H2,1H3/t7-,8+/m0/s1. The number of rotatable bonds is 3. The zero-order chi connectivity index (χ0) is 13.1. The van der Waals surface area contributed by atoms with E-state index in [4.69, 9.17) is 22.7 Å². The molecule has 18 heavy (non-hydrogen) atoms. The van der Waals surface area contributed by atoms with Gasteiger partial charge in [-0.25, -0.2) is 10.0 Å². The van der Waals surface area contributed by atoms with Crippen LogP contribution in [0.2, 0.25) is 0 Å². The fourth-order valence-corrected chi connectivity index (χ4v) is 2.63. The molecule has 1 fully saturated rings. The van der Waals surface area contributed by atoms with Gasteiger partial charge in [-0.3, -0.25) is 4.68 Å². The molecule has 2 atom stereocenters. The number of H-pyrrole nitrogens is 1. The van der Waals surface area contributed by atoms with Crippen LogP contribution in [0.3, 0.4) is 0 Å². The number of carbonyl (C=O) groups is 1. The summed E-state index contributed by atoms with van der Waals surface area (Å²) in [5.74, 6) is -0.484. The molecule has 1 heterocycles. The Labute approximate surface area is 110 Å². The number of carbonyl (C=O) groups excluding carboxylic acids is 1. The van der Waals surface area contributed by atoms with Crippen molar-refractivity contribution in [1.82, 2.24) is 15.0 Å². The van der Waals surface area contributed by atoms with Crippen LogP contribution < -0.4 is 5.73 Å². The van der Waals surface area contributed by atoms with Gasteiger partial charge >= 0.3 is 5.97 Å². The minimum atomic E-state index is -0.484. The first kappa shape index (κ1) is 13.2. The first-order valence-corrected chi connectivity index (χ1v) is 6.65. The third kappa shape index (κ3) is 2.46. The topological polar surface area (TPSA) is 85.9 Å². The first-order chi connectivity index (χ1) is 8.65. The number of nitrogens with zero attached hydrogens (tertiary/aromatic N) is 2. The van der Waals surface area contributed by atoms with Gasteiger partial charge in [-0.15, -0.1) is 5.10 Å². The zero-order valence-electron chi connectivity index (χ0n) is 10.4. The number of hydrogen-bond donors (Lipinski definition) is 2. The van der Waals surface area contributed by atoms with E-state index < -0.39 is 5.97 Å². The van der Waals surface area contributed by atoms with Gasteiger partial charge in [-0.2, -0.15) is 0 Å². The van der Waals surface area contributed by atoms with Crippen molar-refractivity contribution >= 4 is 18.2 Å². The van der Waals surface area contributed by atoms with Gasteiger partial charge < -0.3 is 10.5 Å². The molecule has 1 aliphatic rings. The largest absolute Gasteiger partial charge is 0.461 e. The van der Waals surface area contributed by atoms with Crippen molar-refractivity contribution in [2.75, 3.05) is 6.61 Å². The van der Waals surface area contributed by atoms with Crippen LogP contribution in [0.25, 0.3) is 0 Å². The molecule has 0 amide bonds. The lowest BCUT2D eigenvalue weighted by atomic mass is 9.91. The van der Waals surface area contributed by atoms with Crippen LogP contribution in [-0.2, 0) is 4.74 Å². The molecule has 0 bridgehead atoms. The van der Waals surface area contributed by atoms with E-state index >= 15 is 0 Å². The van der Waals surface area contributed by atoms with Crippen LogP contribution in [0.15, 0.2) is 0 Å². The Hall–Kier alpha value is -1.21. The Bertz CT molecular complexity index is 482. The molecule has 0 aromatic carbocycles. The lowest BCUT2D eigenvalue weighted by molar-refractivity contribution is 0.0518. The van der Waals surface area contributed by atoms with Crippen LogP contribution in [-0.4, -0.2) is 33.6 Å². The van der Waals surface area contributed by atoms with Crippen molar-refractivity contribution in [2.24, 2.45) is 5.73 Å². The van der Waals surface area contributed by atoms with Crippen LogP contribution in [0.5, 0.6) is 0 Å². The van der Waals surface area contributed by atoms with Crippen LogP contribution >= 0.6 is 12.2 Å². The van der Waals surface area contributed by atoms with Gasteiger partial charge in [0, 0.05) is 6.04 Å². The van der Waals surface area contributed by atoms with Gasteiger partial charge in [0.15, 0.2) is 4.64 Å². The second-order valence-corrected chi connectivity index (χ2v) is 4.86. The molecule has 1 saturated carbocycles. The fraction of sp³-hybridized carbons (Fsp3) is 0.727. The minimum absolute atomic E-state index is 0.0564. The molecule has 0 saturated heterocycles. The highest BCUT2D eigenvalue weighted by molar-refractivity contribution is 7.71. The molecule has 0 spiro atoms. The Morgan fingerprint density at radius 2 is 2.33 bits per heavy atom. The fourth-order valence-electron chi connectivity index (χ4n) is 2.33. The number of aromatic nitrogens is 3. The molecule has 1 aliphatic carbocycles. The highest BCUT2D eigenvalue weighted by Gasteiger charge is 2.26. The molecule has 0 aliphatic heterocycles. The van der Waals surface area contributed by atoms with E-state index in [-0.39, 0.29) is 17.8 Å². The van der Waals surface area contributed by atoms with Crippen LogP contribution in [0.1, 0.15) is 49.1 Å². The summed E-state index contributed by atoms with van der Waals surface area (Å²) in [6.45, 7) is 2.06. The molecule has 0 radical (unpaired) electrons. The Morgan fingerprint density at radius 3 is 3.00 bits per heavy atom. The highest BCUT2D eigenvalue weighted by Crippen LogP contribution is 2.27. The van der Waals surface area contributed by atoms with Crippen molar-refractivity contribution in [3.05, 3.63) is 10.3 Å². The quantitative estimate of drug-likeness (QED) is 0.643. The molecule has 100 valence electrons. The predicted molar refractivity (Wildman–Crippen MR) is 68.8 cm³/mol. The lowest BCUT2D eigenvalue weighted by Gasteiger charge is -2.28. The van der Waals surface area contributed by atoms with Gasteiger partial charge in [-0.05, 0) is 19.8 Å². The number of hydrogen-bond acceptors (Lipinski definition) is 5.